The van der Waals surface area contributed by atoms with Crippen molar-refractivity contribution in [3.8, 4) is 0 Å². The summed E-state index contributed by atoms with van der Waals surface area (Å²) in [6.07, 6.45) is 0. The molecule has 0 bridgehead atoms. The molecule has 0 aromatic heterocycles. The van der Waals surface area contributed by atoms with Crippen molar-refractivity contribution in [3.63, 3.8) is 0 Å². The topological polar surface area (TPSA) is 20.2 Å². The Hall–Kier alpha value is -0.386. The Morgan fingerprint density at radius 1 is 1.17 bits per heavy atom. The van der Waals surface area contributed by atoms with E-state index in [2.05, 4.69) is 30.8 Å². The normalized spacial score (nSPS) is 11.7. The van der Waals surface area contributed by atoms with Gasteiger partial charge in [0.1, 0.15) is 0 Å². The summed E-state index contributed by atoms with van der Waals surface area (Å²) in [5, 5.41) is 2.47. The molecule has 0 spiro atoms. The zero-order valence-electron chi connectivity index (χ0n) is 7.76. The predicted octanol–water partition coefficient (Wildman–Crippen LogP) is 0.469. The van der Waals surface area contributed by atoms with Gasteiger partial charge >= 0.3 is 0 Å². The molecule has 0 aliphatic heterocycles. The van der Waals surface area contributed by atoms with Crippen molar-refractivity contribution in [1.82, 2.24) is 0 Å². The molecule has 64 valence electrons. The molecule has 0 atom stereocenters. The molecule has 0 unspecified atom stereocenters. The lowest BCUT2D eigenvalue weighted by Gasteiger charge is -2.14. The number of hydrogen-bond donors (Lipinski definition) is 1. The van der Waals surface area contributed by atoms with E-state index in [-0.39, 0.29) is 0 Å². The first-order chi connectivity index (χ1) is 5.54. The van der Waals surface area contributed by atoms with Crippen LogP contribution in [0.15, 0.2) is 24.3 Å². The molecule has 0 saturated heterocycles. The summed E-state index contributed by atoms with van der Waals surface area (Å²) in [4.78, 5) is 9.79. The van der Waals surface area contributed by atoms with Crippen LogP contribution in [0.2, 0.25) is 19.6 Å². The smallest absolute Gasteiger partial charge is 0.213 e. The minimum Gasteiger partial charge on any atom is -0.428 e. The van der Waals surface area contributed by atoms with Crippen LogP contribution in [0.3, 0.4) is 0 Å². The van der Waals surface area contributed by atoms with Gasteiger partial charge in [-0.15, -0.1) is 0 Å². The summed E-state index contributed by atoms with van der Waals surface area (Å²) in [5.74, 6) is 0. The summed E-state index contributed by atoms with van der Waals surface area (Å²) < 4.78 is 0. The third kappa shape index (κ3) is 2.30. The molecule has 1 aromatic carbocycles. The lowest BCUT2D eigenvalue weighted by atomic mass is 10.4. The Morgan fingerprint density at radius 3 is 2.00 bits per heavy atom. The summed E-state index contributed by atoms with van der Waals surface area (Å²) in [6, 6.07) is 8.33. The lowest BCUT2D eigenvalue weighted by Crippen LogP contribution is -2.41. The van der Waals surface area contributed by atoms with E-state index in [0.29, 0.717) is 0 Å². The van der Waals surface area contributed by atoms with Crippen molar-refractivity contribution in [1.29, 1.82) is 0 Å². The van der Waals surface area contributed by atoms with E-state index in [1.807, 2.05) is 13.1 Å². The molecule has 1 nitrogen and oxygen atoms in total. The minimum absolute atomic E-state index is 0.844. The van der Waals surface area contributed by atoms with Crippen LogP contribution in [0.5, 0.6) is 0 Å². The second kappa shape index (κ2) is 3.55. The van der Waals surface area contributed by atoms with Crippen LogP contribution in [0.1, 0.15) is 0 Å². The lowest BCUT2D eigenvalue weighted by molar-refractivity contribution is 0.568. The first-order valence-corrected chi connectivity index (χ1v) is 8.49. The molecule has 0 fully saturated rings. The minimum atomic E-state index is -2.07. The highest BCUT2D eigenvalue weighted by atomic mass is 28.4. The molecule has 1 aromatic rings. The summed E-state index contributed by atoms with van der Waals surface area (Å²) in [5.41, 5.74) is 0. The molecule has 1 rings (SSSR count). The third-order valence-electron chi connectivity index (χ3n) is 1.88. The fourth-order valence-electron chi connectivity index (χ4n) is 1.04. The molecule has 3 heteroatoms. The highest BCUT2D eigenvalue weighted by Crippen LogP contribution is 1.96. The predicted molar refractivity (Wildman–Crippen MR) is 57.0 cm³/mol. The van der Waals surface area contributed by atoms with E-state index in [0.717, 1.165) is 14.7 Å². The monoisotopic (exact) mass is 194 g/mol. The summed E-state index contributed by atoms with van der Waals surface area (Å²) in [7, 11) is -1.22. The molecule has 12 heavy (non-hydrogen) atoms. The maximum absolute atomic E-state index is 9.79. The van der Waals surface area contributed by atoms with E-state index in [4.69, 9.17) is 0 Å². The number of hydrogen-bond acceptors (Lipinski definition) is 1. The van der Waals surface area contributed by atoms with Crippen molar-refractivity contribution in [2.75, 3.05) is 0 Å². The second-order valence-electron chi connectivity index (χ2n) is 3.39. The van der Waals surface area contributed by atoms with E-state index >= 15 is 0 Å². The zero-order valence-corrected chi connectivity index (χ0v) is 9.76. The molecule has 0 aliphatic rings. The van der Waals surface area contributed by atoms with Crippen molar-refractivity contribution >= 4 is 28.2 Å². The van der Waals surface area contributed by atoms with Crippen molar-refractivity contribution in [3.05, 3.63) is 24.3 Å². The van der Waals surface area contributed by atoms with E-state index in [1.165, 1.54) is 5.19 Å². The van der Waals surface area contributed by atoms with Crippen molar-refractivity contribution < 1.29 is 4.80 Å². The van der Waals surface area contributed by atoms with Gasteiger partial charge < -0.3 is 4.80 Å². The molecular formula is C9H14OSi2. The van der Waals surface area contributed by atoms with Gasteiger partial charge in [-0.25, -0.2) is 0 Å². The molecule has 2 radical (unpaired) electrons. The van der Waals surface area contributed by atoms with Gasteiger partial charge in [-0.05, 0) is 18.3 Å². The third-order valence-corrected chi connectivity index (χ3v) is 4.54. The van der Waals surface area contributed by atoms with Gasteiger partial charge in [0, 0.05) is 0 Å². The molecule has 0 saturated carbocycles. The van der Waals surface area contributed by atoms with Crippen LogP contribution in [-0.2, 0) is 0 Å². The van der Waals surface area contributed by atoms with Gasteiger partial charge in [-0.2, -0.15) is 0 Å². The molecule has 0 heterocycles. The van der Waals surface area contributed by atoms with Gasteiger partial charge in [0.05, 0.1) is 9.52 Å². The Kier molecular flexibility index (Phi) is 2.87. The number of rotatable bonds is 2. The van der Waals surface area contributed by atoms with Crippen LogP contribution < -0.4 is 10.4 Å². The van der Waals surface area contributed by atoms with Crippen LogP contribution >= 0.6 is 0 Å². The standard InChI is InChI=1S/C9H14OSi2/c1-11-8-4-6-9(7-5-8)12(2,3)10/h4-7,10H,1-3H3. The van der Waals surface area contributed by atoms with Gasteiger partial charge in [0.25, 0.3) is 0 Å². The van der Waals surface area contributed by atoms with Gasteiger partial charge in [-0.1, -0.05) is 36.0 Å². The quantitative estimate of drug-likeness (QED) is 0.679. The SMILES string of the molecule is C[Si]c1ccc([Si](C)(C)O)cc1. The summed E-state index contributed by atoms with van der Waals surface area (Å²) >= 11 is 0. The Bertz CT molecular complexity index is 248. The fraction of sp³-hybridized carbons (Fsp3) is 0.333. The van der Waals surface area contributed by atoms with Crippen molar-refractivity contribution in [2.45, 2.75) is 19.6 Å². The number of benzene rings is 1. The van der Waals surface area contributed by atoms with Gasteiger partial charge in [0.15, 0.2) is 0 Å². The average Bonchev–Trinajstić information content (AvgIpc) is 2.03. The molecule has 0 aliphatic carbocycles. The maximum Gasteiger partial charge on any atom is 0.213 e. The summed E-state index contributed by atoms with van der Waals surface area (Å²) in [6.45, 7) is 6.04. The average molecular weight is 194 g/mol. The highest BCUT2D eigenvalue weighted by molar-refractivity contribution is 6.83. The Morgan fingerprint density at radius 2 is 1.67 bits per heavy atom. The van der Waals surface area contributed by atoms with Crippen LogP contribution in [0.25, 0.3) is 0 Å². The van der Waals surface area contributed by atoms with Crippen LogP contribution in [-0.4, -0.2) is 22.6 Å². The molecular weight excluding hydrogens is 180 g/mol. The Balaban J connectivity index is 2.93. The van der Waals surface area contributed by atoms with Gasteiger partial charge in [0.2, 0.25) is 8.32 Å². The maximum atomic E-state index is 9.79. The Labute approximate surface area is 77.4 Å². The molecule has 1 N–H and O–H groups in total. The molecule has 0 amide bonds. The van der Waals surface area contributed by atoms with E-state index in [1.54, 1.807) is 0 Å². The second-order valence-corrected chi connectivity index (χ2v) is 8.16. The zero-order chi connectivity index (χ0) is 9.19. The first-order valence-electron chi connectivity index (χ1n) is 4.04. The van der Waals surface area contributed by atoms with Gasteiger partial charge in [-0.3, -0.25) is 0 Å². The fourth-order valence-corrected chi connectivity index (χ4v) is 2.53. The van der Waals surface area contributed by atoms with E-state index < -0.39 is 8.32 Å². The van der Waals surface area contributed by atoms with Crippen molar-refractivity contribution in [2.24, 2.45) is 0 Å². The van der Waals surface area contributed by atoms with Crippen LogP contribution in [0, 0.1) is 0 Å². The first kappa shape index (κ1) is 9.70. The van der Waals surface area contributed by atoms with Crippen LogP contribution in [0.4, 0.5) is 0 Å². The highest BCUT2D eigenvalue weighted by Gasteiger charge is 2.19. The largest absolute Gasteiger partial charge is 0.428 e. The van der Waals surface area contributed by atoms with E-state index in [9.17, 15) is 4.80 Å².